The molecule has 27 heavy (non-hydrogen) atoms. The number of imidazole rings is 1. The molecule has 0 saturated heterocycles. The topological polar surface area (TPSA) is 67.7 Å². The number of para-hydroxylation sites is 1. The molecule has 1 fully saturated rings. The van der Waals surface area contributed by atoms with E-state index in [9.17, 15) is 4.79 Å². The zero-order valence-corrected chi connectivity index (χ0v) is 15.3. The maximum Gasteiger partial charge on any atom is 0.255 e. The van der Waals surface area contributed by atoms with Gasteiger partial charge in [-0.25, -0.2) is 4.98 Å². The molecule has 0 bridgehead atoms. The van der Waals surface area contributed by atoms with Gasteiger partial charge in [0.1, 0.15) is 18.2 Å². The second-order valence-electron chi connectivity index (χ2n) is 7.38. The Labute approximate surface area is 157 Å². The number of nitrogens with one attached hydrogen (secondary N) is 2. The first-order valence-corrected chi connectivity index (χ1v) is 9.39. The number of hydrogen-bond donors (Lipinski definition) is 2. The lowest BCUT2D eigenvalue weighted by atomic mass is 10.1. The first kappa shape index (κ1) is 16.3. The van der Waals surface area contributed by atoms with E-state index in [0.717, 1.165) is 36.3 Å². The molecule has 3 heterocycles. The molecule has 0 radical (unpaired) electrons. The zero-order chi connectivity index (χ0) is 18.4. The number of carbonyl (C=O) groups excluding carboxylic acids is 1. The number of nitrogens with zero attached hydrogens (tertiary/aromatic N) is 2. The minimum absolute atomic E-state index is 0.101. The van der Waals surface area contributed by atoms with Gasteiger partial charge in [0.15, 0.2) is 0 Å². The number of hydrogen-bond acceptors (Lipinski definition) is 4. The van der Waals surface area contributed by atoms with Crippen molar-refractivity contribution in [3.05, 3.63) is 65.2 Å². The largest absolute Gasteiger partial charge is 0.491 e. The molecular weight excluding hydrogens is 340 g/mol. The van der Waals surface area contributed by atoms with Gasteiger partial charge in [-0.3, -0.25) is 4.79 Å². The summed E-state index contributed by atoms with van der Waals surface area (Å²) in [6, 6.07) is 9.84. The van der Waals surface area contributed by atoms with E-state index >= 15 is 0 Å². The van der Waals surface area contributed by atoms with Crippen LogP contribution in [0.15, 0.2) is 42.7 Å². The quantitative estimate of drug-likeness (QED) is 0.751. The number of ether oxygens (including phenoxy) is 1. The summed E-state index contributed by atoms with van der Waals surface area (Å²) in [4.78, 5) is 17.8. The second kappa shape index (κ2) is 6.09. The van der Waals surface area contributed by atoms with Crippen LogP contribution < -0.4 is 15.4 Å². The summed E-state index contributed by atoms with van der Waals surface area (Å²) >= 11 is 0. The Kier molecular flexibility index (Phi) is 3.68. The van der Waals surface area contributed by atoms with Gasteiger partial charge in [-0.1, -0.05) is 18.2 Å². The normalized spacial score (nSPS) is 17.7. The van der Waals surface area contributed by atoms with Crippen LogP contribution in [-0.2, 0) is 12.1 Å². The monoisotopic (exact) mass is 362 g/mol. The maximum absolute atomic E-state index is 13.1. The van der Waals surface area contributed by atoms with E-state index in [0.29, 0.717) is 24.5 Å². The van der Waals surface area contributed by atoms with Crippen LogP contribution in [0.4, 0.5) is 0 Å². The van der Waals surface area contributed by atoms with Crippen molar-refractivity contribution < 1.29 is 9.53 Å². The molecule has 6 nitrogen and oxygen atoms in total. The highest BCUT2D eigenvalue weighted by Gasteiger charge is 2.49. The Hall–Kier alpha value is -2.86. The summed E-state index contributed by atoms with van der Waals surface area (Å²) in [5.74, 6) is 1.49. The molecule has 1 aromatic carbocycles. The van der Waals surface area contributed by atoms with E-state index in [1.165, 1.54) is 5.56 Å². The Morgan fingerprint density at radius 1 is 1.30 bits per heavy atom. The van der Waals surface area contributed by atoms with Gasteiger partial charge in [0.05, 0.1) is 22.8 Å². The third-order valence-electron chi connectivity index (χ3n) is 5.49. The highest BCUT2D eigenvalue weighted by Crippen LogP contribution is 2.45. The third-order valence-corrected chi connectivity index (χ3v) is 5.49. The van der Waals surface area contributed by atoms with Gasteiger partial charge in [0, 0.05) is 24.8 Å². The minimum atomic E-state index is -0.400. The van der Waals surface area contributed by atoms with Gasteiger partial charge in [-0.15, -0.1) is 0 Å². The molecule has 138 valence electrons. The lowest BCUT2D eigenvalue weighted by molar-refractivity contribution is 0.0924. The van der Waals surface area contributed by atoms with Crippen molar-refractivity contribution in [2.45, 2.75) is 31.8 Å². The number of rotatable bonds is 3. The Morgan fingerprint density at radius 3 is 3.04 bits per heavy atom. The van der Waals surface area contributed by atoms with Gasteiger partial charge in [0.2, 0.25) is 0 Å². The molecule has 0 unspecified atom stereocenters. The molecule has 2 N–H and O–H groups in total. The summed E-state index contributed by atoms with van der Waals surface area (Å²) in [6.45, 7) is 4.13. The number of fused-ring (bicyclic) bond motifs is 2. The smallest absolute Gasteiger partial charge is 0.255 e. The van der Waals surface area contributed by atoms with Crippen LogP contribution >= 0.6 is 0 Å². The predicted octanol–water partition coefficient (Wildman–Crippen LogP) is 2.54. The van der Waals surface area contributed by atoms with Crippen LogP contribution in [0.2, 0.25) is 0 Å². The molecule has 2 aliphatic rings. The van der Waals surface area contributed by atoms with Crippen LogP contribution in [0.1, 0.15) is 40.2 Å². The van der Waals surface area contributed by atoms with E-state index in [4.69, 9.17) is 4.74 Å². The lowest BCUT2D eigenvalue weighted by Crippen LogP contribution is -2.36. The van der Waals surface area contributed by atoms with Crippen LogP contribution in [0.3, 0.4) is 0 Å². The van der Waals surface area contributed by atoms with E-state index in [2.05, 4.69) is 33.0 Å². The molecule has 2 aromatic heterocycles. The number of aromatic nitrogens is 2. The molecule has 1 amide bonds. The highest BCUT2D eigenvalue weighted by atomic mass is 16.5. The SMILES string of the molecule is Cc1cccn2c(C3(NC(=O)c4cccc5c4OCCNC5)CC3)ncc12. The van der Waals surface area contributed by atoms with E-state index in [-0.39, 0.29) is 5.91 Å². The first-order chi connectivity index (χ1) is 13.2. The summed E-state index contributed by atoms with van der Waals surface area (Å²) < 4.78 is 7.96. The Balaban J connectivity index is 1.48. The fourth-order valence-corrected chi connectivity index (χ4v) is 3.85. The van der Waals surface area contributed by atoms with E-state index in [1.807, 2.05) is 36.7 Å². The van der Waals surface area contributed by atoms with Gasteiger partial charge in [-0.05, 0) is 37.5 Å². The van der Waals surface area contributed by atoms with Crippen molar-refractivity contribution in [1.29, 1.82) is 0 Å². The number of carbonyl (C=O) groups is 1. The molecular formula is C21H22N4O2. The Morgan fingerprint density at radius 2 is 2.19 bits per heavy atom. The summed E-state index contributed by atoms with van der Waals surface area (Å²) in [6.07, 6.45) is 5.69. The fraction of sp³-hybridized carbons (Fsp3) is 0.333. The minimum Gasteiger partial charge on any atom is -0.491 e. The van der Waals surface area contributed by atoms with Crippen molar-refractivity contribution in [1.82, 2.24) is 20.0 Å². The van der Waals surface area contributed by atoms with Crippen molar-refractivity contribution >= 4 is 11.4 Å². The zero-order valence-electron chi connectivity index (χ0n) is 15.3. The average molecular weight is 362 g/mol. The third kappa shape index (κ3) is 2.68. The summed E-state index contributed by atoms with van der Waals surface area (Å²) in [5, 5.41) is 6.55. The van der Waals surface area contributed by atoms with Crippen molar-refractivity contribution in [2.24, 2.45) is 0 Å². The predicted molar refractivity (Wildman–Crippen MR) is 102 cm³/mol. The van der Waals surface area contributed by atoms with Crippen molar-refractivity contribution in [2.75, 3.05) is 13.2 Å². The molecule has 0 spiro atoms. The fourth-order valence-electron chi connectivity index (χ4n) is 3.85. The van der Waals surface area contributed by atoms with Gasteiger partial charge in [-0.2, -0.15) is 0 Å². The number of pyridine rings is 1. The maximum atomic E-state index is 13.1. The van der Waals surface area contributed by atoms with E-state index in [1.54, 1.807) is 0 Å². The molecule has 1 saturated carbocycles. The van der Waals surface area contributed by atoms with Gasteiger partial charge >= 0.3 is 0 Å². The lowest BCUT2D eigenvalue weighted by Gasteiger charge is -2.19. The van der Waals surface area contributed by atoms with Crippen LogP contribution in [-0.4, -0.2) is 28.4 Å². The Bertz CT molecular complexity index is 1040. The first-order valence-electron chi connectivity index (χ1n) is 9.39. The molecule has 3 aromatic rings. The second-order valence-corrected chi connectivity index (χ2v) is 7.38. The highest BCUT2D eigenvalue weighted by molar-refractivity contribution is 5.98. The molecule has 1 aliphatic heterocycles. The number of aryl methyl sites for hydroxylation is 1. The van der Waals surface area contributed by atoms with E-state index < -0.39 is 5.54 Å². The van der Waals surface area contributed by atoms with Gasteiger partial charge in [0.25, 0.3) is 5.91 Å². The van der Waals surface area contributed by atoms with Crippen molar-refractivity contribution in [3.63, 3.8) is 0 Å². The van der Waals surface area contributed by atoms with Gasteiger partial charge < -0.3 is 19.8 Å². The summed E-state index contributed by atoms with van der Waals surface area (Å²) in [7, 11) is 0. The molecule has 5 rings (SSSR count). The number of amides is 1. The molecule has 6 heteroatoms. The molecule has 0 atom stereocenters. The van der Waals surface area contributed by atoms with Crippen LogP contribution in [0.5, 0.6) is 5.75 Å². The van der Waals surface area contributed by atoms with Crippen LogP contribution in [0.25, 0.3) is 5.52 Å². The van der Waals surface area contributed by atoms with Crippen LogP contribution in [0, 0.1) is 6.92 Å². The summed E-state index contributed by atoms with van der Waals surface area (Å²) in [5.41, 5.74) is 3.47. The molecule has 1 aliphatic carbocycles. The van der Waals surface area contributed by atoms with Crippen molar-refractivity contribution in [3.8, 4) is 5.75 Å². The average Bonchev–Trinajstić information content (AvgIpc) is 3.37. The standard InChI is InChI=1S/C21H22N4O2/c1-14-4-3-10-25-17(14)13-23-20(25)21(7-8-21)24-19(26)16-6-2-5-15-12-22-9-11-27-18(15)16/h2-6,10,13,22H,7-9,11-12H2,1H3,(H,24,26). The number of benzene rings is 1.